The Morgan fingerprint density at radius 2 is 2.33 bits per heavy atom. The Hall–Kier alpha value is -1.88. The average molecular weight is 269 g/mol. The number of carbonyl (C=O) groups excluding carboxylic acids is 1. The number of halogens is 1. The van der Waals surface area contributed by atoms with Gasteiger partial charge in [-0.2, -0.15) is 0 Å². The second-order valence-electron chi connectivity index (χ2n) is 3.59. The van der Waals surface area contributed by atoms with E-state index in [0.717, 1.165) is 0 Å². The van der Waals surface area contributed by atoms with Gasteiger partial charge in [-0.15, -0.1) is 6.58 Å². The molecule has 96 valence electrons. The number of carboxylic acid groups (broad SMARTS) is 1. The molecule has 2 N–H and O–H groups in total. The van der Waals surface area contributed by atoms with Gasteiger partial charge in [-0.25, -0.2) is 4.79 Å². The van der Waals surface area contributed by atoms with Gasteiger partial charge in [-0.05, 0) is 18.9 Å². The summed E-state index contributed by atoms with van der Waals surface area (Å²) in [7, 11) is 0. The Labute approximate surface area is 109 Å². The van der Waals surface area contributed by atoms with Crippen molar-refractivity contribution in [1.29, 1.82) is 0 Å². The van der Waals surface area contributed by atoms with Crippen molar-refractivity contribution in [3.8, 4) is 0 Å². The number of aliphatic carboxylic acids is 1. The zero-order valence-electron chi connectivity index (χ0n) is 9.60. The number of aromatic nitrogens is 1. The smallest absolute Gasteiger partial charge is 0.326 e. The maximum absolute atomic E-state index is 11.8. The van der Waals surface area contributed by atoms with Crippen LogP contribution >= 0.6 is 11.6 Å². The lowest BCUT2D eigenvalue weighted by Crippen LogP contribution is -2.40. The van der Waals surface area contributed by atoms with Gasteiger partial charge < -0.3 is 10.4 Å². The lowest BCUT2D eigenvalue weighted by molar-refractivity contribution is -0.139. The van der Waals surface area contributed by atoms with Gasteiger partial charge in [0.25, 0.3) is 5.91 Å². The number of pyridine rings is 1. The fourth-order valence-corrected chi connectivity index (χ4v) is 1.54. The molecular formula is C12H13ClN2O3. The van der Waals surface area contributed by atoms with Gasteiger partial charge in [0.15, 0.2) is 0 Å². The number of allylic oxidation sites excluding steroid dienone is 1. The first-order valence-electron chi connectivity index (χ1n) is 5.30. The molecule has 0 fully saturated rings. The molecule has 0 radical (unpaired) electrons. The van der Waals surface area contributed by atoms with Gasteiger partial charge in [-0.1, -0.05) is 17.7 Å². The molecule has 1 heterocycles. The third kappa shape index (κ3) is 3.85. The van der Waals surface area contributed by atoms with Crippen LogP contribution in [0.2, 0.25) is 5.02 Å². The summed E-state index contributed by atoms with van der Waals surface area (Å²) in [6, 6.07) is 0.476. The molecule has 1 amide bonds. The van der Waals surface area contributed by atoms with Crippen LogP contribution in [0.4, 0.5) is 0 Å². The monoisotopic (exact) mass is 268 g/mol. The summed E-state index contributed by atoms with van der Waals surface area (Å²) >= 11 is 5.80. The van der Waals surface area contributed by atoms with Gasteiger partial charge in [0.1, 0.15) is 6.04 Å². The molecule has 1 aromatic rings. The molecule has 5 nitrogen and oxygen atoms in total. The SMILES string of the molecule is C=CCCC(NC(=O)c1ccncc1Cl)C(=O)O. The molecule has 6 heteroatoms. The minimum Gasteiger partial charge on any atom is -0.480 e. The molecule has 1 atom stereocenters. The standard InChI is InChI=1S/C12H13ClN2O3/c1-2-3-4-10(12(17)18)15-11(16)8-5-6-14-7-9(8)13/h2,5-7,10H,1,3-4H2,(H,15,16)(H,17,18). The van der Waals surface area contributed by atoms with E-state index in [1.54, 1.807) is 6.08 Å². The molecule has 1 unspecified atom stereocenters. The van der Waals surface area contributed by atoms with Crippen LogP contribution in [0.5, 0.6) is 0 Å². The van der Waals surface area contributed by atoms with Gasteiger partial charge in [-0.3, -0.25) is 9.78 Å². The summed E-state index contributed by atoms with van der Waals surface area (Å²) in [5, 5.41) is 11.6. The second kappa shape index (κ2) is 6.76. The van der Waals surface area contributed by atoms with Crippen LogP contribution in [0.1, 0.15) is 23.2 Å². The molecule has 0 saturated carbocycles. The van der Waals surface area contributed by atoms with E-state index in [-0.39, 0.29) is 17.0 Å². The van der Waals surface area contributed by atoms with Crippen molar-refractivity contribution >= 4 is 23.5 Å². The third-order valence-electron chi connectivity index (χ3n) is 2.28. The highest BCUT2D eigenvalue weighted by molar-refractivity contribution is 6.33. The number of hydrogen-bond donors (Lipinski definition) is 2. The zero-order valence-corrected chi connectivity index (χ0v) is 10.4. The van der Waals surface area contributed by atoms with E-state index < -0.39 is 17.9 Å². The van der Waals surface area contributed by atoms with E-state index >= 15 is 0 Å². The summed E-state index contributed by atoms with van der Waals surface area (Å²) in [5.41, 5.74) is 0.205. The maximum Gasteiger partial charge on any atom is 0.326 e. The van der Waals surface area contributed by atoms with Crippen molar-refractivity contribution in [3.05, 3.63) is 41.7 Å². The van der Waals surface area contributed by atoms with Crippen LogP contribution in [-0.2, 0) is 4.79 Å². The van der Waals surface area contributed by atoms with E-state index in [1.165, 1.54) is 18.5 Å². The average Bonchev–Trinajstić information content (AvgIpc) is 2.34. The molecular weight excluding hydrogens is 256 g/mol. The van der Waals surface area contributed by atoms with E-state index in [1.807, 2.05) is 0 Å². The van der Waals surface area contributed by atoms with Crippen LogP contribution in [0.3, 0.4) is 0 Å². The van der Waals surface area contributed by atoms with Crippen molar-refractivity contribution in [2.45, 2.75) is 18.9 Å². The molecule has 18 heavy (non-hydrogen) atoms. The Morgan fingerprint density at radius 1 is 1.61 bits per heavy atom. The first-order chi connectivity index (χ1) is 8.56. The normalized spacial score (nSPS) is 11.6. The minimum atomic E-state index is -1.09. The van der Waals surface area contributed by atoms with Crippen molar-refractivity contribution < 1.29 is 14.7 Å². The van der Waals surface area contributed by atoms with Crippen LogP contribution in [0, 0.1) is 0 Å². The Kier molecular flexibility index (Phi) is 5.32. The molecule has 0 spiro atoms. The van der Waals surface area contributed by atoms with Crippen LogP contribution in [-0.4, -0.2) is 28.0 Å². The van der Waals surface area contributed by atoms with E-state index in [0.29, 0.717) is 6.42 Å². The largest absolute Gasteiger partial charge is 0.480 e. The molecule has 0 aliphatic rings. The molecule has 0 bridgehead atoms. The molecule has 0 aliphatic heterocycles. The van der Waals surface area contributed by atoms with E-state index in [4.69, 9.17) is 16.7 Å². The number of carboxylic acids is 1. The first kappa shape index (κ1) is 14.2. The van der Waals surface area contributed by atoms with Crippen LogP contribution < -0.4 is 5.32 Å². The lowest BCUT2D eigenvalue weighted by Gasteiger charge is -2.13. The summed E-state index contributed by atoms with van der Waals surface area (Å²) in [4.78, 5) is 26.5. The maximum atomic E-state index is 11.8. The van der Waals surface area contributed by atoms with Crippen molar-refractivity contribution in [2.75, 3.05) is 0 Å². The third-order valence-corrected chi connectivity index (χ3v) is 2.58. The van der Waals surface area contributed by atoms with Crippen molar-refractivity contribution in [1.82, 2.24) is 10.3 Å². The first-order valence-corrected chi connectivity index (χ1v) is 5.68. The predicted molar refractivity (Wildman–Crippen MR) is 67.6 cm³/mol. The molecule has 1 rings (SSSR count). The van der Waals surface area contributed by atoms with Crippen LogP contribution in [0.25, 0.3) is 0 Å². The zero-order chi connectivity index (χ0) is 13.5. The number of nitrogens with one attached hydrogen (secondary N) is 1. The molecule has 0 saturated heterocycles. The van der Waals surface area contributed by atoms with Crippen molar-refractivity contribution in [2.24, 2.45) is 0 Å². The number of nitrogens with zero attached hydrogens (tertiary/aromatic N) is 1. The topological polar surface area (TPSA) is 79.3 Å². The molecule has 0 aliphatic carbocycles. The van der Waals surface area contributed by atoms with Gasteiger partial charge in [0.2, 0.25) is 0 Å². The van der Waals surface area contributed by atoms with E-state index in [2.05, 4.69) is 16.9 Å². The summed E-state index contributed by atoms with van der Waals surface area (Å²) in [6.45, 7) is 3.51. The van der Waals surface area contributed by atoms with Crippen molar-refractivity contribution in [3.63, 3.8) is 0 Å². The Bertz CT molecular complexity index is 462. The highest BCUT2D eigenvalue weighted by Crippen LogP contribution is 2.13. The quantitative estimate of drug-likeness (QED) is 0.772. The minimum absolute atomic E-state index is 0.183. The van der Waals surface area contributed by atoms with E-state index in [9.17, 15) is 9.59 Å². The van der Waals surface area contributed by atoms with Gasteiger partial charge in [0, 0.05) is 12.4 Å². The van der Waals surface area contributed by atoms with Crippen LogP contribution in [0.15, 0.2) is 31.1 Å². The summed E-state index contributed by atoms with van der Waals surface area (Å²) in [5.74, 6) is -1.62. The van der Waals surface area contributed by atoms with Gasteiger partial charge in [0.05, 0.1) is 10.6 Å². The molecule has 1 aromatic heterocycles. The summed E-state index contributed by atoms with van der Waals surface area (Å²) in [6.07, 6.45) is 5.13. The second-order valence-corrected chi connectivity index (χ2v) is 3.99. The predicted octanol–water partition coefficient (Wildman–Crippen LogP) is 1.88. The number of rotatable bonds is 6. The number of carbonyl (C=O) groups is 2. The Morgan fingerprint density at radius 3 is 2.89 bits per heavy atom. The fraction of sp³-hybridized carbons (Fsp3) is 0.250. The summed E-state index contributed by atoms with van der Waals surface area (Å²) < 4.78 is 0. The number of hydrogen-bond acceptors (Lipinski definition) is 3. The fourth-order valence-electron chi connectivity index (χ4n) is 1.34. The number of amides is 1. The highest BCUT2D eigenvalue weighted by Gasteiger charge is 2.20. The Balaban J connectivity index is 2.75. The van der Waals surface area contributed by atoms with Gasteiger partial charge >= 0.3 is 5.97 Å². The molecule has 0 aromatic carbocycles. The lowest BCUT2D eigenvalue weighted by atomic mass is 10.1. The highest BCUT2D eigenvalue weighted by atomic mass is 35.5.